The molecule has 1 aliphatic carbocycles. The number of thiophene rings is 1. The van der Waals surface area contributed by atoms with Crippen LogP contribution >= 0.6 is 11.3 Å². The third kappa shape index (κ3) is 2.32. The van der Waals surface area contributed by atoms with E-state index in [9.17, 15) is 0 Å². The van der Waals surface area contributed by atoms with Crippen LogP contribution in [0, 0.1) is 11.8 Å². The van der Waals surface area contributed by atoms with Gasteiger partial charge in [0.15, 0.2) is 0 Å². The zero-order valence-electron chi connectivity index (χ0n) is 10.8. The van der Waals surface area contributed by atoms with Crippen LogP contribution in [0.3, 0.4) is 0 Å². The number of benzene rings is 1. The molecule has 3 rings (SSSR count). The molecule has 1 fully saturated rings. The van der Waals surface area contributed by atoms with E-state index in [1.54, 1.807) is 5.56 Å². The monoisotopic (exact) mass is 259 g/mol. The zero-order valence-corrected chi connectivity index (χ0v) is 11.6. The average Bonchev–Trinajstić information content (AvgIpc) is 2.83. The van der Waals surface area contributed by atoms with Gasteiger partial charge in [-0.1, -0.05) is 31.0 Å². The number of rotatable bonds is 3. The SMILES string of the molecule is NCC1CCCCC1Cc1csc2ccccc12. The molecular formula is C16H21NS. The summed E-state index contributed by atoms with van der Waals surface area (Å²) in [6.07, 6.45) is 6.70. The zero-order chi connectivity index (χ0) is 12.4. The van der Waals surface area contributed by atoms with Crippen molar-refractivity contribution >= 4 is 21.4 Å². The molecule has 0 saturated heterocycles. The molecule has 2 heteroatoms. The Morgan fingerprint density at radius 1 is 1.11 bits per heavy atom. The first kappa shape index (κ1) is 12.2. The summed E-state index contributed by atoms with van der Waals surface area (Å²) >= 11 is 1.88. The van der Waals surface area contributed by atoms with Crippen molar-refractivity contribution in [2.24, 2.45) is 17.6 Å². The molecule has 18 heavy (non-hydrogen) atoms. The van der Waals surface area contributed by atoms with Gasteiger partial charge in [0.05, 0.1) is 0 Å². The first-order valence-electron chi connectivity index (χ1n) is 7.03. The summed E-state index contributed by atoms with van der Waals surface area (Å²) in [6, 6.07) is 8.78. The van der Waals surface area contributed by atoms with E-state index in [1.807, 2.05) is 11.3 Å². The maximum atomic E-state index is 5.94. The third-order valence-electron chi connectivity index (χ3n) is 4.41. The van der Waals surface area contributed by atoms with E-state index in [0.29, 0.717) is 0 Å². The molecule has 0 bridgehead atoms. The molecule has 0 amide bonds. The Morgan fingerprint density at radius 2 is 1.89 bits per heavy atom. The quantitative estimate of drug-likeness (QED) is 0.878. The topological polar surface area (TPSA) is 26.0 Å². The highest BCUT2D eigenvalue weighted by molar-refractivity contribution is 7.17. The van der Waals surface area contributed by atoms with E-state index in [-0.39, 0.29) is 0 Å². The van der Waals surface area contributed by atoms with Crippen molar-refractivity contribution in [3.8, 4) is 0 Å². The van der Waals surface area contributed by atoms with Crippen LogP contribution in [0.2, 0.25) is 0 Å². The molecule has 2 unspecified atom stereocenters. The maximum absolute atomic E-state index is 5.94. The molecular weight excluding hydrogens is 238 g/mol. The van der Waals surface area contributed by atoms with E-state index >= 15 is 0 Å². The van der Waals surface area contributed by atoms with Gasteiger partial charge in [-0.25, -0.2) is 0 Å². The van der Waals surface area contributed by atoms with Crippen molar-refractivity contribution in [1.29, 1.82) is 0 Å². The second kappa shape index (κ2) is 5.41. The Bertz CT molecular complexity index is 517. The molecule has 1 aromatic carbocycles. The predicted octanol–water partition coefficient (Wildman–Crippen LogP) is 4.21. The number of fused-ring (bicyclic) bond motifs is 1. The van der Waals surface area contributed by atoms with Crippen LogP contribution < -0.4 is 5.73 Å². The van der Waals surface area contributed by atoms with Crippen LogP contribution in [-0.4, -0.2) is 6.54 Å². The van der Waals surface area contributed by atoms with Crippen molar-refractivity contribution in [2.45, 2.75) is 32.1 Å². The highest BCUT2D eigenvalue weighted by Crippen LogP contribution is 2.35. The molecule has 0 aliphatic heterocycles. The van der Waals surface area contributed by atoms with Crippen molar-refractivity contribution < 1.29 is 0 Å². The van der Waals surface area contributed by atoms with E-state index in [2.05, 4.69) is 29.6 Å². The summed E-state index contributed by atoms with van der Waals surface area (Å²) in [4.78, 5) is 0. The van der Waals surface area contributed by atoms with Gasteiger partial charge < -0.3 is 5.73 Å². The van der Waals surface area contributed by atoms with Crippen LogP contribution in [0.1, 0.15) is 31.2 Å². The van der Waals surface area contributed by atoms with Crippen LogP contribution in [0.15, 0.2) is 29.6 Å². The Kier molecular flexibility index (Phi) is 3.67. The average molecular weight is 259 g/mol. The lowest BCUT2D eigenvalue weighted by Gasteiger charge is -2.30. The minimum absolute atomic E-state index is 0.748. The molecule has 0 radical (unpaired) electrons. The smallest absolute Gasteiger partial charge is 0.0345 e. The molecule has 1 aromatic heterocycles. The van der Waals surface area contributed by atoms with Gasteiger partial charge in [-0.05, 0) is 60.0 Å². The summed E-state index contributed by atoms with van der Waals surface area (Å²) in [5, 5.41) is 3.82. The normalized spacial score (nSPS) is 24.5. The van der Waals surface area contributed by atoms with Gasteiger partial charge in [0.25, 0.3) is 0 Å². The van der Waals surface area contributed by atoms with Crippen LogP contribution in [0.25, 0.3) is 10.1 Å². The van der Waals surface area contributed by atoms with Gasteiger partial charge in [-0.2, -0.15) is 0 Å². The lowest BCUT2D eigenvalue weighted by atomic mass is 9.76. The summed E-state index contributed by atoms with van der Waals surface area (Å²) in [6.45, 7) is 0.868. The van der Waals surface area contributed by atoms with E-state index in [0.717, 1.165) is 18.4 Å². The van der Waals surface area contributed by atoms with Crippen LogP contribution in [0.5, 0.6) is 0 Å². The van der Waals surface area contributed by atoms with Crippen molar-refractivity contribution in [3.05, 3.63) is 35.2 Å². The molecule has 0 spiro atoms. The Labute approximate surface area is 113 Å². The van der Waals surface area contributed by atoms with E-state index in [4.69, 9.17) is 5.73 Å². The Hall–Kier alpha value is -0.860. The first-order chi connectivity index (χ1) is 8.88. The Morgan fingerprint density at radius 3 is 2.72 bits per heavy atom. The standard InChI is InChI=1S/C16H21NS/c17-10-13-6-2-1-5-12(13)9-14-11-18-16-8-4-3-7-15(14)16/h3-4,7-8,11-13H,1-2,5-6,9-10,17H2. The van der Waals surface area contributed by atoms with Crippen molar-refractivity contribution in [1.82, 2.24) is 0 Å². The first-order valence-corrected chi connectivity index (χ1v) is 7.91. The van der Waals surface area contributed by atoms with Gasteiger partial charge >= 0.3 is 0 Å². The lowest BCUT2D eigenvalue weighted by Crippen LogP contribution is -2.28. The number of hydrogen-bond donors (Lipinski definition) is 1. The predicted molar refractivity (Wildman–Crippen MR) is 80.0 cm³/mol. The maximum Gasteiger partial charge on any atom is 0.0345 e. The fraction of sp³-hybridized carbons (Fsp3) is 0.500. The summed E-state index contributed by atoms with van der Waals surface area (Å²) in [5.41, 5.74) is 7.48. The largest absolute Gasteiger partial charge is 0.330 e. The lowest BCUT2D eigenvalue weighted by molar-refractivity contribution is 0.242. The summed E-state index contributed by atoms with van der Waals surface area (Å²) in [7, 11) is 0. The van der Waals surface area contributed by atoms with Crippen LogP contribution in [0.4, 0.5) is 0 Å². The second-order valence-corrected chi connectivity index (χ2v) is 6.41. The molecule has 1 heterocycles. The van der Waals surface area contributed by atoms with E-state index < -0.39 is 0 Å². The van der Waals surface area contributed by atoms with Gasteiger partial charge in [-0.15, -0.1) is 11.3 Å². The molecule has 2 atom stereocenters. The fourth-order valence-corrected chi connectivity index (χ4v) is 4.31. The molecule has 96 valence electrons. The molecule has 2 N–H and O–H groups in total. The molecule has 1 nitrogen and oxygen atoms in total. The van der Waals surface area contributed by atoms with Gasteiger partial charge in [0.1, 0.15) is 0 Å². The minimum atomic E-state index is 0.748. The van der Waals surface area contributed by atoms with Crippen molar-refractivity contribution in [3.63, 3.8) is 0 Å². The molecule has 2 aromatic rings. The highest BCUT2D eigenvalue weighted by atomic mass is 32.1. The minimum Gasteiger partial charge on any atom is -0.330 e. The summed E-state index contributed by atoms with van der Waals surface area (Å²) < 4.78 is 1.42. The summed E-state index contributed by atoms with van der Waals surface area (Å²) in [5.74, 6) is 1.55. The van der Waals surface area contributed by atoms with Crippen molar-refractivity contribution in [2.75, 3.05) is 6.54 Å². The molecule has 1 aliphatic rings. The van der Waals surface area contributed by atoms with Gasteiger partial charge in [0, 0.05) is 4.70 Å². The van der Waals surface area contributed by atoms with Gasteiger partial charge in [0.2, 0.25) is 0 Å². The third-order valence-corrected chi connectivity index (χ3v) is 5.42. The van der Waals surface area contributed by atoms with Gasteiger partial charge in [-0.3, -0.25) is 0 Å². The van der Waals surface area contributed by atoms with E-state index in [1.165, 1.54) is 42.2 Å². The second-order valence-electron chi connectivity index (χ2n) is 5.50. The number of nitrogens with two attached hydrogens (primary N) is 1. The molecule has 1 saturated carbocycles. The number of hydrogen-bond acceptors (Lipinski definition) is 2. The highest BCUT2D eigenvalue weighted by Gasteiger charge is 2.24. The Balaban J connectivity index is 1.82. The fourth-order valence-electron chi connectivity index (χ4n) is 3.34. The van der Waals surface area contributed by atoms with Crippen LogP contribution in [-0.2, 0) is 6.42 Å².